The van der Waals surface area contributed by atoms with E-state index in [0.717, 1.165) is 6.42 Å². The largest absolute Gasteiger partial charge is 0.390 e. The zero-order chi connectivity index (χ0) is 16.5. The van der Waals surface area contributed by atoms with E-state index in [1.807, 2.05) is 6.26 Å². The molecule has 4 nitrogen and oxygen atoms in total. The minimum absolute atomic E-state index is 0.0868. The summed E-state index contributed by atoms with van der Waals surface area (Å²) in [7, 11) is 1.61. The van der Waals surface area contributed by atoms with E-state index in [9.17, 15) is 10.2 Å². The highest BCUT2D eigenvalue weighted by Gasteiger charge is 2.66. The van der Waals surface area contributed by atoms with Gasteiger partial charge in [0.15, 0.2) is 0 Å². The molecule has 0 amide bonds. The predicted octanol–water partition coefficient (Wildman–Crippen LogP) is 2.38. The number of hydrogen-bond acceptors (Lipinski definition) is 5. The molecule has 0 unspecified atom stereocenters. The maximum absolute atomic E-state index is 11.2. The second-order valence-corrected chi connectivity index (χ2v) is 7.99. The number of aliphatic hydroxyl groups is 2. The first-order valence-electron chi connectivity index (χ1n) is 8.02. The fourth-order valence-electron chi connectivity index (χ4n) is 3.98. The first-order valence-corrected chi connectivity index (χ1v) is 9.41. The lowest BCUT2D eigenvalue weighted by molar-refractivity contribution is -0.169. The third-order valence-electron chi connectivity index (χ3n) is 5.16. The van der Waals surface area contributed by atoms with Gasteiger partial charge in [-0.1, -0.05) is 11.6 Å². The first kappa shape index (κ1) is 18.3. The first-order chi connectivity index (χ1) is 10.3. The Kier molecular flexibility index (Phi) is 5.66. The minimum Gasteiger partial charge on any atom is -0.390 e. The van der Waals surface area contributed by atoms with Crippen LogP contribution in [0, 0.1) is 5.92 Å². The highest BCUT2D eigenvalue weighted by atomic mass is 32.2. The molecule has 2 N–H and O–H groups in total. The van der Waals surface area contributed by atoms with Crippen LogP contribution in [0.2, 0.25) is 0 Å². The molecule has 2 aliphatic rings. The zero-order valence-electron chi connectivity index (χ0n) is 14.3. The van der Waals surface area contributed by atoms with Crippen molar-refractivity contribution in [2.75, 3.05) is 19.1 Å². The smallest absolute Gasteiger partial charge is 0.100 e. The summed E-state index contributed by atoms with van der Waals surface area (Å²) in [6, 6.07) is 0. The van der Waals surface area contributed by atoms with Gasteiger partial charge in [0.2, 0.25) is 0 Å². The van der Waals surface area contributed by atoms with E-state index in [1.165, 1.54) is 5.57 Å². The van der Waals surface area contributed by atoms with Crippen molar-refractivity contribution in [2.24, 2.45) is 5.92 Å². The summed E-state index contributed by atoms with van der Waals surface area (Å²) in [5.41, 5.74) is -0.0176. The van der Waals surface area contributed by atoms with Gasteiger partial charge in [-0.3, -0.25) is 0 Å². The van der Waals surface area contributed by atoms with Crippen molar-refractivity contribution in [1.82, 2.24) is 0 Å². The SMILES string of the molecule is CO[C@@H]1[C@H](O)CC[C@](O)(CSC)[C@H]1[C@@]1(C)O[C@@H]1CC=C(C)C. The van der Waals surface area contributed by atoms with Crippen LogP contribution in [0.1, 0.15) is 40.0 Å². The average molecular weight is 330 g/mol. The maximum atomic E-state index is 11.2. The number of methoxy groups -OCH3 is 1. The van der Waals surface area contributed by atoms with Crippen LogP contribution in [-0.4, -0.2) is 58.8 Å². The topological polar surface area (TPSA) is 62.2 Å². The number of thioether (sulfide) groups is 1. The van der Waals surface area contributed by atoms with Crippen LogP contribution in [0.3, 0.4) is 0 Å². The average Bonchev–Trinajstić information content (AvgIpc) is 3.10. The molecule has 0 aromatic heterocycles. The van der Waals surface area contributed by atoms with Crippen molar-refractivity contribution >= 4 is 11.8 Å². The number of epoxide rings is 1. The number of rotatable bonds is 6. The second-order valence-electron chi connectivity index (χ2n) is 7.13. The molecule has 128 valence electrons. The molecule has 2 rings (SSSR count). The Morgan fingerprint density at radius 3 is 2.68 bits per heavy atom. The van der Waals surface area contributed by atoms with Gasteiger partial charge in [-0.05, 0) is 46.3 Å². The van der Waals surface area contributed by atoms with E-state index in [0.29, 0.717) is 18.6 Å². The molecule has 22 heavy (non-hydrogen) atoms. The molecule has 0 radical (unpaired) electrons. The van der Waals surface area contributed by atoms with Gasteiger partial charge in [-0.25, -0.2) is 0 Å². The standard InChI is InChI=1S/C17H30O4S/c1-11(2)6-7-13-16(3,21-13)15-14(20-4)12(18)8-9-17(15,19)10-22-5/h6,12-15,18-19H,7-10H2,1-5H3/t12-,13-,14-,15-,16+,17+/m1/s1. The molecule has 0 bridgehead atoms. The highest BCUT2D eigenvalue weighted by Crippen LogP contribution is 2.54. The van der Waals surface area contributed by atoms with Gasteiger partial charge >= 0.3 is 0 Å². The molecular formula is C17H30O4S. The van der Waals surface area contributed by atoms with E-state index < -0.39 is 17.3 Å². The molecule has 0 spiro atoms. The summed E-state index contributed by atoms with van der Waals surface area (Å²) < 4.78 is 11.6. The monoisotopic (exact) mass is 330 g/mol. The van der Waals surface area contributed by atoms with Crippen LogP contribution in [0.15, 0.2) is 11.6 Å². The van der Waals surface area contributed by atoms with Gasteiger partial charge in [0.25, 0.3) is 0 Å². The highest BCUT2D eigenvalue weighted by molar-refractivity contribution is 7.98. The molecule has 0 aromatic rings. The molecule has 6 atom stereocenters. The quantitative estimate of drug-likeness (QED) is 0.578. The summed E-state index contributed by atoms with van der Waals surface area (Å²) in [5.74, 6) is 0.426. The van der Waals surface area contributed by atoms with Crippen molar-refractivity contribution in [3.63, 3.8) is 0 Å². The fourth-order valence-corrected chi connectivity index (χ4v) is 4.80. The van der Waals surface area contributed by atoms with E-state index in [1.54, 1.807) is 18.9 Å². The Bertz CT molecular complexity index is 423. The number of hydrogen-bond donors (Lipinski definition) is 2. The van der Waals surface area contributed by atoms with Crippen molar-refractivity contribution in [3.05, 3.63) is 11.6 Å². The lowest BCUT2D eigenvalue weighted by Crippen LogP contribution is -2.60. The molecule has 1 aliphatic carbocycles. The summed E-state index contributed by atoms with van der Waals surface area (Å²) in [5, 5.41) is 21.5. The van der Waals surface area contributed by atoms with E-state index in [2.05, 4.69) is 26.8 Å². The Balaban J connectivity index is 2.24. The Labute approximate surface area is 138 Å². The van der Waals surface area contributed by atoms with Gasteiger partial charge < -0.3 is 19.7 Å². The van der Waals surface area contributed by atoms with E-state index in [4.69, 9.17) is 9.47 Å². The van der Waals surface area contributed by atoms with Gasteiger partial charge in [-0.15, -0.1) is 0 Å². The van der Waals surface area contributed by atoms with Crippen molar-refractivity contribution < 1.29 is 19.7 Å². The lowest BCUT2D eigenvalue weighted by atomic mass is 9.66. The van der Waals surface area contributed by atoms with Crippen molar-refractivity contribution in [2.45, 2.75) is 69.5 Å². The summed E-state index contributed by atoms with van der Waals surface area (Å²) in [6.07, 6.45) is 5.34. The van der Waals surface area contributed by atoms with Crippen LogP contribution in [0.4, 0.5) is 0 Å². The van der Waals surface area contributed by atoms with Crippen LogP contribution >= 0.6 is 11.8 Å². The third-order valence-corrected chi connectivity index (χ3v) is 5.95. The third kappa shape index (κ3) is 3.39. The van der Waals surface area contributed by atoms with E-state index >= 15 is 0 Å². The molecule has 5 heteroatoms. The minimum atomic E-state index is -0.853. The molecule has 2 fully saturated rings. The van der Waals surface area contributed by atoms with Crippen molar-refractivity contribution in [1.29, 1.82) is 0 Å². The molecule has 1 aliphatic heterocycles. The molecule has 1 saturated heterocycles. The Morgan fingerprint density at radius 2 is 2.14 bits per heavy atom. The van der Waals surface area contributed by atoms with Gasteiger partial charge in [0.05, 0.1) is 23.9 Å². The Morgan fingerprint density at radius 1 is 1.45 bits per heavy atom. The number of aliphatic hydroxyl groups excluding tert-OH is 1. The summed E-state index contributed by atoms with van der Waals surface area (Å²) in [4.78, 5) is 0. The normalized spacial score (nSPS) is 44.7. The Hall–Kier alpha value is -0.0700. The van der Waals surface area contributed by atoms with Crippen LogP contribution in [0.5, 0.6) is 0 Å². The summed E-state index contributed by atoms with van der Waals surface area (Å²) >= 11 is 1.63. The van der Waals surface area contributed by atoms with Crippen LogP contribution in [-0.2, 0) is 9.47 Å². The number of allylic oxidation sites excluding steroid dienone is 1. The maximum Gasteiger partial charge on any atom is 0.100 e. The molecule has 1 heterocycles. The lowest BCUT2D eigenvalue weighted by Gasteiger charge is -2.48. The fraction of sp³-hybridized carbons (Fsp3) is 0.882. The van der Waals surface area contributed by atoms with Crippen LogP contribution in [0.25, 0.3) is 0 Å². The zero-order valence-corrected chi connectivity index (χ0v) is 15.2. The number of ether oxygens (including phenoxy) is 2. The summed E-state index contributed by atoms with van der Waals surface area (Å²) in [6.45, 7) is 6.20. The van der Waals surface area contributed by atoms with E-state index in [-0.39, 0.29) is 18.1 Å². The van der Waals surface area contributed by atoms with Crippen LogP contribution < -0.4 is 0 Å². The van der Waals surface area contributed by atoms with Gasteiger partial charge in [0, 0.05) is 18.8 Å². The van der Waals surface area contributed by atoms with Gasteiger partial charge in [0.1, 0.15) is 5.60 Å². The van der Waals surface area contributed by atoms with Crippen molar-refractivity contribution in [3.8, 4) is 0 Å². The molecular weight excluding hydrogens is 300 g/mol. The molecule has 0 aromatic carbocycles. The predicted molar refractivity (Wildman–Crippen MR) is 90.2 cm³/mol. The second kappa shape index (κ2) is 6.81. The molecule has 1 saturated carbocycles. The van der Waals surface area contributed by atoms with Gasteiger partial charge in [-0.2, -0.15) is 11.8 Å².